The molecule has 1 heterocycles. The highest BCUT2D eigenvalue weighted by Crippen LogP contribution is 2.28. The highest BCUT2D eigenvalue weighted by atomic mass is 32.2. The molecule has 1 N–H and O–H groups in total. The number of hydrogen-bond acceptors (Lipinski definition) is 3. The summed E-state index contributed by atoms with van der Waals surface area (Å²) in [7, 11) is -1.74. The average molecular weight is 341 g/mol. The van der Waals surface area contributed by atoms with Gasteiger partial charge in [0.1, 0.15) is 0 Å². The topological polar surface area (TPSA) is 64.0 Å². The summed E-state index contributed by atoms with van der Waals surface area (Å²) in [6.07, 6.45) is 1.54. The van der Waals surface area contributed by atoms with Crippen molar-refractivity contribution < 1.29 is 8.42 Å². The zero-order valence-electron chi connectivity index (χ0n) is 13.6. The van der Waals surface area contributed by atoms with Crippen molar-refractivity contribution in [2.24, 2.45) is 7.05 Å². The standard InChI is InChI=1S/C18H19N3O2S/c1-14-8-6-7-11-16(14)13-24(22,23)20-17-12-19-21(2)18(17)15-9-4-3-5-10-15/h3-12,20H,13H2,1-2H3. The van der Waals surface area contributed by atoms with Crippen LogP contribution >= 0.6 is 0 Å². The van der Waals surface area contributed by atoms with Crippen molar-refractivity contribution in [3.8, 4) is 11.3 Å². The quantitative estimate of drug-likeness (QED) is 0.774. The van der Waals surface area contributed by atoms with E-state index in [0.717, 1.165) is 22.4 Å². The normalized spacial score (nSPS) is 11.4. The van der Waals surface area contributed by atoms with E-state index in [-0.39, 0.29) is 5.75 Å². The summed E-state index contributed by atoms with van der Waals surface area (Å²) < 4.78 is 29.5. The Hall–Kier alpha value is -2.60. The molecule has 0 aliphatic carbocycles. The van der Waals surface area contributed by atoms with Gasteiger partial charge in [-0.3, -0.25) is 9.40 Å². The van der Waals surface area contributed by atoms with E-state index in [1.165, 1.54) is 6.20 Å². The van der Waals surface area contributed by atoms with Gasteiger partial charge >= 0.3 is 0 Å². The minimum atomic E-state index is -3.53. The van der Waals surface area contributed by atoms with E-state index >= 15 is 0 Å². The van der Waals surface area contributed by atoms with E-state index in [0.29, 0.717) is 5.69 Å². The van der Waals surface area contributed by atoms with Crippen molar-refractivity contribution in [2.75, 3.05) is 4.72 Å². The van der Waals surface area contributed by atoms with Gasteiger partial charge < -0.3 is 0 Å². The van der Waals surface area contributed by atoms with Crippen LogP contribution in [0.4, 0.5) is 5.69 Å². The SMILES string of the molecule is Cc1ccccc1CS(=O)(=O)Nc1cnn(C)c1-c1ccccc1. The molecular weight excluding hydrogens is 322 g/mol. The molecule has 0 spiro atoms. The number of hydrogen-bond donors (Lipinski definition) is 1. The Morgan fingerprint density at radius 1 is 1.04 bits per heavy atom. The van der Waals surface area contributed by atoms with Crippen LogP contribution in [0.3, 0.4) is 0 Å². The highest BCUT2D eigenvalue weighted by Gasteiger charge is 2.18. The maximum absolute atomic E-state index is 12.6. The Morgan fingerprint density at radius 2 is 1.71 bits per heavy atom. The zero-order valence-corrected chi connectivity index (χ0v) is 14.4. The molecule has 0 saturated carbocycles. The summed E-state index contributed by atoms with van der Waals surface area (Å²) in [5.74, 6) is -0.0667. The molecule has 0 radical (unpaired) electrons. The number of anilines is 1. The Kier molecular flexibility index (Phi) is 4.40. The third-order valence-corrected chi connectivity index (χ3v) is 5.08. The summed E-state index contributed by atoms with van der Waals surface area (Å²) in [4.78, 5) is 0. The number of rotatable bonds is 5. The van der Waals surface area contributed by atoms with Crippen molar-refractivity contribution in [2.45, 2.75) is 12.7 Å². The summed E-state index contributed by atoms with van der Waals surface area (Å²) in [5.41, 5.74) is 3.87. The Bertz CT molecular complexity index is 947. The molecule has 2 aromatic carbocycles. The third-order valence-electron chi connectivity index (χ3n) is 3.86. The van der Waals surface area contributed by atoms with Gasteiger partial charge in [0, 0.05) is 12.6 Å². The molecule has 0 saturated heterocycles. The van der Waals surface area contributed by atoms with Gasteiger partial charge in [0.25, 0.3) is 0 Å². The van der Waals surface area contributed by atoms with Crippen LogP contribution in [0.2, 0.25) is 0 Å². The van der Waals surface area contributed by atoms with Gasteiger partial charge in [-0.05, 0) is 18.1 Å². The first-order valence-electron chi connectivity index (χ1n) is 7.59. The minimum Gasteiger partial charge on any atom is -0.279 e. The molecule has 0 bridgehead atoms. The molecule has 0 fully saturated rings. The van der Waals surface area contributed by atoms with E-state index in [4.69, 9.17) is 0 Å². The number of benzene rings is 2. The first-order chi connectivity index (χ1) is 11.5. The van der Waals surface area contributed by atoms with Crippen LogP contribution < -0.4 is 4.72 Å². The number of aromatic nitrogens is 2. The summed E-state index contributed by atoms with van der Waals surface area (Å²) in [5, 5.41) is 4.19. The van der Waals surface area contributed by atoms with Crippen LogP contribution in [-0.2, 0) is 22.8 Å². The van der Waals surface area contributed by atoms with E-state index in [1.54, 1.807) is 11.7 Å². The van der Waals surface area contributed by atoms with Crippen LogP contribution in [0.1, 0.15) is 11.1 Å². The fraction of sp³-hybridized carbons (Fsp3) is 0.167. The van der Waals surface area contributed by atoms with Crippen LogP contribution in [0.5, 0.6) is 0 Å². The van der Waals surface area contributed by atoms with Gasteiger partial charge in [0.05, 0.1) is 23.3 Å². The van der Waals surface area contributed by atoms with Crippen molar-refractivity contribution in [1.82, 2.24) is 9.78 Å². The lowest BCUT2D eigenvalue weighted by Gasteiger charge is -2.11. The molecular formula is C18H19N3O2S. The lowest BCUT2D eigenvalue weighted by atomic mass is 10.1. The second kappa shape index (κ2) is 6.49. The summed E-state index contributed by atoms with van der Waals surface area (Å²) in [6.45, 7) is 1.91. The van der Waals surface area contributed by atoms with E-state index in [2.05, 4.69) is 9.82 Å². The van der Waals surface area contributed by atoms with E-state index < -0.39 is 10.0 Å². The smallest absolute Gasteiger partial charge is 0.237 e. The Balaban J connectivity index is 1.90. The van der Waals surface area contributed by atoms with Crippen LogP contribution in [0.25, 0.3) is 11.3 Å². The monoisotopic (exact) mass is 341 g/mol. The molecule has 0 unspecified atom stereocenters. The second-order valence-electron chi connectivity index (χ2n) is 5.68. The molecule has 0 atom stereocenters. The average Bonchev–Trinajstić information content (AvgIpc) is 2.90. The first-order valence-corrected chi connectivity index (χ1v) is 9.24. The molecule has 6 heteroatoms. The highest BCUT2D eigenvalue weighted by molar-refractivity contribution is 7.91. The van der Waals surface area contributed by atoms with Gasteiger partial charge in [-0.1, -0.05) is 54.6 Å². The lowest BCUT2D eigenvalue weighted by Crippen LogP contribution is -2.16. The largest absolute Gasteiger partial charge is 0.279 e. The predicted molar refractivity (Wildman–Crippen MR) is 96.1 cm³/mol. The summed E-state index contributed by atoms with van der Waals surface area (Å²) in [6, 6.07) is 17.1. The van der Waals surface area contributed by atoms with Gasteiger partial charge in [-0.2, -0.15) is 5.10 Å². The van der Waals surface area contributed by atoms with Gasteiger partial charge in [0.2, 0.25) is 10.0 Å². The van der Waals surface area contributed by atoms with E-state index in [9.17, 15) is 8.42 Å². The predicted octanol–water partition coefficient (Wildman–Crippen LogP) is 3.34. The first kappa shape index (κ1) is 16.3. The zero-order chi connectivity index (χ0) is 17.2. The van der Waals surface area contributed by atoms with Crippen molar-refractivity contribution >= 4 is 15.7 Å². The number of nitrogens with one attached hydrogen (secondary N) is 1. The number of nitrogens with zero attached hydrogens (tertiary/aromatic N) is 2. The minimum absolute atomic E-state index is 0.0667. The van der Waals surface area contributed by atoms with E-state index in [1.807, 2.05) is 61.5 Å². The van der Waals surface area contributed by atoms with Crippen LogP contribution in [0, 0.1) is 6.92 Å². The maximum atomic E-state index is 12.6. The lowest BCUT2D eigenvalue weighted by molar-refractivity contribution is 0.600. The molecule has 0 aliphatic rings. The summed E-state index contributed by atoms with van der Waals surface area (Å²) >= 11 is 0. The van der Waals surface area contributed by atoms with Gasteiger partial charge in [0.15, 0.2) is 0 Å². The molecule has 124 valence electrons. The second-order valence-corrected chi connectivity index (χ2v) is 7.41. The fourth-order valence-electron chi connectivity index (χ4n) is 2.63. The third kappa shape index (κ3) is 3.49. The fourth-order valence-corrected chi connectivity index (χ4v) is 3.92. The molecule has 3 rings (SSSR count). The maximum Gasteiger partial charge on any atom is 0.237 e. The molecule has 0 amide bonds. The molecule has 0 aliphatic heterocycles. The number of aryl methyl sites for hydroxylation is 2. The van der Waals surface area contributed by atoms with Crippen molar-refractivity contribution in [1.29, 1.82) is 0 Å². The number of sulfonamides is 1. The van der Waals surface area contributed by atoms with Gasteiger partial charge in [-0.15, -0.1) is 0 Å². The van der Waals surface area contributed by atoms with Crippen LogP contribution in [0.15, 0.2) is 60.8 Å². The molecule has 24 heavy (non-hydrogen) atoms. The Labute approximate surface area is 142 Å². The Morgan fingerprint density at radius 3 is 2.42 bits per heavy atom. The molecule has 3 aromatic rings. The molecule has 5 nitrogen and oxygen atoms in total. The van der Waals surface area contributed by atoms with Crippen LogP contribution in [-0.4, -0.2) is 18.2 Å². The molecule has 1 aromatic heterocycles. The van der Waals surface area contributed by atoms with Gasteiger partial charge in [-0.25, -0.2) is 8.42 Å². The van der Waals surface area contributed by atoms with Crippen molar-refractivity contribution in [3.05, 3.63) is 71.9 Å². The van der Waals surface area contributed by atoms with Crippen molar-refractivity contribution in [3.63, 3.8) is 0 Å².